The molecule has 2 heterocycles. The van der Waals surface area contributed by atoms with Gasteiger partial charge < -0.3 is 39.4 Å². The second-order valence-corrected chi connectivity index (χ2v) is 9.19. The molecule has 182 valence electrons. The van der Waals surface area contributed by atoms with Gasteiger partial charge in [0.05, 0.1) is 12.0 Å². The molecule has 1 fully saturated rings. The van der Waals surface area contributed by atoms with E-state index in [2.05, 4.69) is 0 Å². The van der Waals surface area contributed by atoms with Crippen LogP contribution in [0.2, 0.25) is 0 Å². The highest BCUT2D eigenvalue weighted by Crippen LogP contribution is 2.35. The number of fused-ring (bicyclic) bond motifs is 1. The Hall–Kier alpha value is -3.20. The number of aliphatic hydroxyl groups is 3. The lowest BCUT2D eigenvalue weighted by molar-refractivity contribution is -0.227. The summed E-state index contributed by atoms with van der Waals surface area (Å²) in [6, 6.07) is 8.97. The van der Waals surface area contributed by atoms with E-state index in [9.17, 15) is 43.3 Å². The van der Waals surface area contributed by atoms with Crippen LogP contribution in [0.5, 0.6) is 17.2 Å². The molecule has 0 amide bonds. The summed E-state index contributed by atoms with van der Waals surface area (Å²) in [5.41, 5.74) is -0.446. The van der Waals surface area contributed by atoms with Crippen molar-refractivity contribution in [3.63, 3.8) is 0 Å². The van der Waals surface area contributed by atoms with Crippen molar-refractivity contribution in [2.75, 3.05) is 6.61 Å². The van der Waals surface area contributed by atoms with Crippen LogP contribution in [0, 0.1) is 0 Å². The fourth-order valence-electron chi connectivity index (χ4n) is 3.66. The standard InChI is InChI=1S/C21H20O12S/c22-8-16-17(26)18(27)20(34(28,29)30)21(33-16)32-14-3-1-2-10-12(24)7-15(31-19(10)14)9-4-5-11(23)13(25)6-9/h1-7,16-18,20-23,25-27H,8H2,(H,28,29,30)/t16-,17-,18+,20-,21-/m1/s1. The first kappa shape index (κ1) is 23.9. The van der Waals surface area contributed by atoms with Crippen LogP contribution in [0.3, 0.4) is 0 Å². The van der Waals surface area contributed by atoms with Gasteiger partial charge in [0.15, 0.2) is 33.5 Å². The molecule has 5 atom stereocenters. The quantitative estimate of drug-likeness (QED) is 0.203. The molecule has 0 saturated carbocycles. The molecule has 0 spiro atoms. The number of benzene rings is 2. The molecule has 0 bridgehead atoms. The van der Waals surface area contributed by atoms with Crippen molar-refractivity contribution in [3.05, 3.63) is 52.7 Å². The minimum Gasteiger partial charge on any atom is -0.504 e. The topological polar surface area (TPSA) is 204 Å². The molecule has 1 aliphatic heterocycles. The van der Waals surface area contributed by atoms with Gasteiger partial charge in [-0.15, -0.1) is 0 Å². The molecule has 12 nitrogen and oxygen atoms in total. The maximum atomic E-state index is 12.7. The maximum absolute atomic E-state index is 12.7. The van der Waals surface area contributed by atoms with E-state index in [-0.39, 0.29) is 33.8 Å². The molecule has 13 heteroatoms. The fourth-order valence-corrected chi connectivity index (χ4v) is 4.57. The predicted octanol–water partition coefficient (Wildman–Crippen LogP) is -0.0546. The monoisotopic (exact) mass is 496 g/mol. The van der Waals surface area contributed by atoms with Gasteiger partial charge in [0, 0.05) is 11.6 Å². The summed E-state index contributed by atoms with van der Waals surface area (Å²) in [6.45, 7) is -0.796. The Bertz CT molecular complexity index is 1380. The van der Waals surface area contributed by atoms with E-state index in [4.69, 9.17) is 13.9 Å². The van der Waals surface area contributed by atoms with Gasteiger partial charge in [0.2, 0.25) is 6.29 Å². The van der Waals surface area contributed by atoms with Crippen LogP contribution in [0.1, 0.15) is 0 Å². The largest absolute Gasteiger partial charge is 0.504 e. The zero-order chi connectivity index (χ0) is 24.8. The van der Waals surface area contributed by atoms with Gasteiger partial charge in [-0.3, -0.25) is 9.35 Å². The molecule has 6 N–H and O–H groups in total. The summed E-state index contributed by atoms with van der Waals surface area (Å²) in [7, 11) is -5.02. The predicted molar refractivity (Wildman–Crippen MR) is 115 cm³/mol. The van der Waals surface area contributed by atoms with Gasteiger partial charge in [0.1, 0.15) is 24.1 Å². The molecule has 0 radical (unpaired) electrons. The zero-order valence-corrected chi connectivity index (χ0v) is 18.0. The van der Waals surface area contributed by atoms with Gasteiger partial charge in [-0.2, -0.15) is 8.42 Å². The molecule has 1 aliphatic rings. The Balaban J connectivity index is 1.81. The molecule has 3 aromatic rings. The average molecular weight is 496 g/mol. The maximum Gasteiger partial charge on any atom is 0.276 e. The van der Waals surface area contributed by atoms with E-state index >= 15 is 0 Å². The number of phenols is 2. The van der Waals surface area contributed by atoms with E-state index in [0.29, 0.717) is 0 Å². The number of hydrogen-bond donors (Lipinski definition) is 6. The van der Waals surface area contributed by atoms with E-state index in [0.717, 1.165) is 12.1 Å². The lowest BCUT2D eigenvalue weighted by atomic mass is 10.0. The number of para-hydroxylation sites is 1. The van der Waals surface area contributed by atoms with Gasteiger partial charge in [-0.05, 0) is 30.3 Å². The van der Waals surface area contributed by atoms with E-state index in [1.807, 2.05) is 0 Å². The second-order valence-electron chi connectivity index (χ2n) is 7.62. The first-order valence-electron chi connectivity index (χ1n) is 9.86. The highest BCUT2D eigenvalue weighted by Gasteiger charge is 2.51. The van der Waals surface area contributed by atoms with Crippen LogP contribution in [-0.4, -0.2) is 75.0 Å². The van der Waals surface area contributed by atoms with E-state index in [1.165, 1.54) is 30.3 Å². The smallest absolute Gasteiger partial charge is 0.276 e. The van der Waals surface area contributed by atoms with Crippen LogP contribution < -0.4 is 10.2 Å². The Morgan fingerprint density at radius 2 is 1.74 bits per heavy atom. The molecule has 1 saturated heterocycles. The van der Waals surface area contributed by atoms with Crippen molar-refractivity contribution in [1.82, 2.24) is 0 Å². The third-order valence-electron chi connectivity index (χ3n) is 5.39. The number of rotatable bonds is 5. The number of ether oxygens (including phenoxy) is 2. The number of aromatic hydroxyl groups is 2. The van der Waals surface area contributed by atoms with Crippen molar-refractivity contribution < 1.29 is 52.4 Å². The summed E-state index contributed by atoms with van der Waals surface area (Å²) in [5.74, 6) is -1.08. The highest BCUT2D eigenvalue weighted by atomic mass is 32.2. The fraction of sp³-hybridized carbons (Fsp3) is 0.286. The third kappa shape index (κ3) is 4.32. The van der Waals surface area contributed by atoms with Gasteiger partial charge >= 0.3 is 0 Å². The second kappa shape index (κ2) is 8.87. The van der Waals surface area contributed by atoms with Crippen LogP contribution in [0.25, 0.3) is 22.3 Å². The zero-order valence-electron chi connectivity index (χ0n) is 17.2. The molecular weight excluding hydrogens is 476 g/mol. The number of phenolic OH excluding ortho intramolecular Hbond substituents is 2. The molecule has 4 rings (SSSR count). The Morgan fingerprint density at radius 1 is 1.00 bits per heavy atom. The number of hydrogen-bond acceptors (Lipinski definition) is 11. The van der Waals surface area contributed by atoms with Gasteiger partial charge in [-0.25, -0.2) is 0 Å². The molecule has 0 aliphatic carbocycles. The van der Waals surface area contributed by atoms with Gasteiger partial charge in [-0.1, -0.05) is 6.07 Å². The van der Waals surface area contributed by atoms with Crippen molar-refractivity contribution in [2.45, 2.75) is 29.9 Å². The highest BCUT2D eigenvalue weighted by molar-refractivity contribution is 7.86. The van der Waals surface area contributed by atoms with Crippen molar-refractivity contribution in [2.24, 2.45) is 0 Å². The van der Waals surface area contributed by atoms with E-state index in [1.54, 1.807) is 0 Å². The summed E-state index contributed by atoms with van der Waals surface area (Å²) < 4.78 is 50.0. The minimum absolute atomic E-state index is 0.0246. The normalized spacial score (nSPS) is 25.4. The summed E-state index contributed by atoms with van der Waals surface area (Å²) in [6.07, 6.45) is -7.24. The van der Waals surface area contributed by atoms with Crippen LogP contribution in [-0.2, 0) is 14.9 Å². The minimum atomic E-state index is -5.02. The first-order valence-corrected chi connectivity index (χ1v) is 11.4. The Morgan fingerprint density at radius 3 is 2.38 bits per heavy atom. The molecule has 0 unspecified atom stereocenters. The van der Waals surface area contributed by atoms with Crippen molar-refractivity contribution in [3.8, 4) is 28.6 Å². The lowest BCUT2D eigenvalue weighted by Gasteiger charge is -2.40. The molecule has 2 aromatic carbocycles. The van der Waals surface area contributed by atoms with Crippen molar-refractivity contribution >= 4 is 21.1 Å². The average Bonchev–Trinajstić information content (AvgIpc) is 2.77. The van der Waals surface area contributed by atoms with Crippen LogP contribution in [0.4, 0.5) is 0 Å². The SMILES string of the molecule is O=c1cc(-c2ccc(O)c(O)c2)oc2c(O[C@@H]3O[C@H](CO)[C@@H](O)[C@H](O)[C@H]3S(=O)(=O)O)cccc12. The third-order valence-corrected chi connectivity index (χ3v) is 6.58. The molecule has 34 heavy (non-hydrogen) atoms. The lowest BCUT2D eigenvalue weighted by Crippen LogP contribution is -2.62. The van der Waals surface area contributed by atoms with E-state index < -0.39 is 57.8 Å². The first-order chi connectivity index (χ1) is 16.0. The summed E-state index contributed by atoms with van der Waals surface area (Å²) >= 11 is 0. The Labute approximate surface area is 191 Å². The van der Waals surface area contributed by atoms with Crippen LogP contribution in [0.15, 0.2) is 51.7 Å². The van der Waals surface area contributed by atoms with Crippen molar-refractivity contribution in [1.29, 1.82) is 0 Å². The number of aliphatic hydroxyl groups excluding tert-OH is 3. The Kier molecular flexibility index (Phi) is 6.24. The van der Waals surface area contributed by atoms with Crippen LogP contribution >= 0.6 is 0 Å². The molecule has 1 aromatic heterocycles. The molecular formula is C21H20O12S. The summed E-state index contributed by atoms with van der Waals surface area (Å²) in [5, 5.41) is 46.8. The summed E-state index contributed by atoms with van der Waals surface area (Å²) in [4.78, 5) is 12.7. The van der Waals surface area contributed by atoms with Gasteiger partial charge in [0.25, 0.3) is 10.1 Å².